The molecule has 0 aliphatic carbocycles. The molecule has 10 heteroatoms. The zero-order valence-corrected chi connectivity index (χ0v) is 28.9. The zero-order valence-electron chi connectivity index (χ0n) is 28.9. The average molecular weight is 662 g/mol. The molecular formula is C38H45F2N3O5. The first-order chi connectivity index (χ1) is 22.4. The molecule has 3 aromatic rings. The van der Waals surface area contributed by atoms with Gasteiger partial charge in [0.05, 0.1) is 6.04 Å². The van der Waals surface area contributed by atoms with Crippen molar-refractivity contribution in [2.45, 2.75) is 98.6 Å². The second-order valence-corrected chi connectivity index (χ2v) is 14.4. The minimum Gasteiger partial charge on any atom is -0.444 e. The maximum atomic E-state index is 15.2. The van der Waals surface area contributed by atoms with Crippen LogP contribution in [0.4, 0.5) is 13.6 Å². The Morgan fingerprint density at radius 2 is 1.54 bits per heavy atom. The highest BCUT2D eigenvalue weighted by molar-refractivity contribution is 5.94. The monoisotopic (exact) mass is 661 g/mol. The number of Topliss-reactive ketones (excluding diaryl/α,β-unsaturated/α-hetero) is 1. The summed E-state index contributed by atoms with van der Waals surface area (Å²) in [6.07, 6.45) is -0.593. The van der Waals surface area contributed by atoms with Gasteiger partial charge in [-0.15, -0.1) is 0 Å². The summed E-state index contributed by atoms with van der Waals surface area (Å²) in [6, 6.07) is 15.0. The number of hydrogen-bond acceptors (Lipinski definition) is 5. The number of hydrogen-bond donors (Lipinski definition) is 1. The lowest BCUT2D eigenvalue weighted by Crippen LogP contribution is -2.61. The number of ketones is 1. The Morgan fingerprint density at radius 1 is 0.917 bits per heavy atom. The standard InChI is InChI=1S/C38H45F2N3O5/c1-23(29-14-11-15-30(39)32(29)40)42(21-25-16-18-26(19-17-25)24(2)44)34(45)31-20-27-12-9-10-13-28(27)22-43(31)35(46)33(37(3,4)5)41-36(47)48-38(6,7)8/h9-19,23,31,33H,20-22H2,1-8H3,(H,41,47)/t23-,31+,33-/m1/s1. The summed E-state index contributed by atoms with van der Waals surface area (Å²) in [7, 11) is 0. The molecule has 256 valence electrons. The number of amides is 3. The molecule has 48 heavy (non-hydrogen) atoms. The SMILES string of the molecule is CC(=O)c1ccc(CN(C(=O)[C@@H]2Cc3ccccc3CN2C(=O)[C@@H](NC(=O)OC(C)(C)C)C(C)(C)C)[C@H](C)c2cccc(F)c2F)cc1. The van der Waals surface area contributed by atoms with Crippen LogP contribution in [0.2, 0.25) is 0 Å². The van der Waals surface area contributed by atoms with Gasteiger partial charge in [-0.2, -0.15) is 0 Å². The fraction of sp³-hybridized carbons (Fsp3) is 0.421. The van der Waals surface area contributed by atoms with E-state index in [0.29, 0.717) is 11.1 Å². The number of carbonyl (C=O) groups excluding carboxylic acids is 4. The fourth-order valence-electron chi connectivity index (χ4n) is 5.86. The Kier molecular flexibility index (Phi) is 10.8. The van der Waals surface area contributed by atoms with Crippen molar-refractivity contribution in [3.63, 3.8) is 0 Å². The summed E-state index contributed by atoms with van der Waals surface area (Å²) >= 11 is 0. The van der Waals surface area contributed by atoms with Gasteiger partial charge in [0.25, 0.3) is 0 Å². The number of fused-ring (bicyclic) bond motifs is 1. The van der Waals surface area contributed by atoms with Crippen molar-refractivity contribution in [1.82, 2.24) is 15.1 Å². The van der Waals surface area contributed by atoms with Crippen molar-refractivity contribution >= 4 is 23.7 Å². The van der Waals surface area contributed by atoms with Crippen LogP contribution in [0.3, 0.4) is 0 Å². The summed E-state index contributed by atoms with van der Waals surface area (Å²) in [5.74, 6) is -3.17. The second-order valence-electron chi connectivity index (χ2n) is 14.4. The smallest absolute Gasteiger partial charge is 0.408 e. The van der Waals surface area contributed by atoms with Gasteiger partial charge in [-0.3, -0.25) is 14.4 Å². The van der Waals surface area contributed by atoms with Gasteiger partial charge in [-0.25, -0.2) is 13.6 Å². The topological polar surface area (TPSA) is 96.0 Å². The minimum atomic E-state index is -1.06. The number of nitrogens with zero attached hydrogens (tertiary/aromatic N) is 2. The van der Waals surface area contributed by atoms with Crippen molar-refractivity contribution < 1.29 is 32.7 Å². The number of ether oxygens (including phenoxy) is 1. The van der Waals surface area contributed by atoms with Gasteiger partial charge in [0, 0.05) is 30.6 Å². The fourth-order valence-corrected chi connectivity index (χ4v) is 5.86. The van der Waals surface area contributed by atoms with Crippen molar-refractivity contribution in [3.05, 3.63) is 106 Å². The van der Waals surface area contributed by atoms with Crippen LogP contribution in [-0.2, 0) is 33.8 Å². The summed E-state index contributed by atoms with van der Waals surface area (Å²) in [4.78, 5) is 57.1. The van der Waals surface area contributed by atoms with Gasteiger partial charge >= 0.3 is 6.09 Å². The number of alkyl carbamates (subject to hydrolysis) is 1. The van der Waals surface area contributed by atoms with Crippen LogP contribution in [-0.4, -0.2) is 51.2 Å². The van der Waals surface area contributed by atoms with E-state index < -0.39 is 58.7 Å². The van der Waals surface area contributed by atoms with Gasteiger partial charge < -0.3 is 19.9 Å². The summed E-state index contributed by atoms with van der Waals surface area (Å²) in [6.45, 7) is 13.8. The number of rotatable bonds is 8. The third-order valence-electron chi connectivity index (χ3n) is 8.49. The lowest BCUT2D eigenvalue weighted by Gasteiger charge is -2.43. The first kappa shape index (κ1) is 36.2. The number of benzene rings is 3. The lowest BCUT2D eigenvalue weighted by atomic mass is 9.84. The predicted molar refractivity (Wildman–Crippen MR) is 179 cm³/mol. The molecule has 0 saturated heterocycles. The maximum Gasteiger partial charge on any atom is 0.408 e. The molecular weight excluding hydrogens is 616 g/mol. The minimum absolute atomic E-state index is 0.00677. The molecule has 1 heterocycles. The highest BCUT2D eigenvalue weighted by Crippen LogP contribution is 2.33. The Morgan fingerprint density at radius 3 is 2.12 bits per heavy atom. The van der Waals surface area contributed by atoms with E-state index in [0.717, 1.165) is 17.2 Å². The molecule has 3 amide bonds. The molecule has 8 nitrogen and oxygen atoms in total. The maximum absolute atomic E-state index is 15.2. The van der Waals surface area contributed by atoms with Crippen molar-refractivity contribution in [3.8, 4) is 0 Å². The van der Waals surface area contributed by atoms with Gasteiger partial charge in [0.15, 0.2) is 17.4 Å². The van der Waals surface area contributed by atoms with Crippen LogP contribution in [0.25, 0.3) is 0 Å². The van der Waals surface area contributed by atoms with E-state index in [9.17, 15) is 23.6 Å². The van der Waals surface area contributed by atoms with Crippen LogP contribution in [0.5, 0.6) is 0 Å². The molecule has 0 unspecified atom stereocenters. The largest absolute Gasteiger partial charge is 0.444 e. The van der Waals surface area contributed by atoms with Gasteiger partial charge in [-0.1, -0.05) is 81.4 Å². The van der Waals surface area contributed by atoms with Crippen LogP contribution in [0, 0.1) is 17.0 Å². The van der Waals surface area contributed by atoms with Crippen molar-refractivity contribution in [2.24, 2.45) is 5.41 Å². The average Bonchev–Trinajstić information content (AvgIpc) is 3.01. The van der Waals surface area contributed by atoms with Crippen molar-refractivity contribution in [2.75, 3.05) is 0 Å². The quantitative estimate of drug-likeness (QED) is 0.259. The van der Waals surface area contributed by atoms with E-state index in [2.05, 4.69) is 5.32 Å². The van der Waals surface area contributed by atoms with Crippen LogP contribution < -0.4 is 5.32 Å². The third-order valence-corrected chi connectivity index (χ3v) is 8.49. The predicted octanol–water partition coefficient (Wildman–Crippen LogP) is 7.15. The van der Waals surface area contributed by atoms with E-state index in [-0.39, 0.29) is 30.9 Å². The molecule has 4 rings (SSSR count). The molecule has 0 spiro atoms. The molecule has 0 aromatic heterocycles. The first-order valence-corrected chi connectivity index (χ1v) is 16.1. The third kappa shape index (κ3) is 8.45. The molecule has 1 aliphatic rings. The summed E-state index contributed by atoms with van der Waals surface area (Å²) < 4.78 is 35.1. The molecule has 3 atom stereocenters. The highest BCUT2D eigenvalue weighted by atomic mass is 19.2. The first-order valence-electron chi connectivity index (χ1n) is 16.1. The van der Waals surface area contributed by atoms with E-state index in [1.807, 2.05) is 45.0 Å². The van der Waals surface area contributed by atoms with Gasteiger partial charge in [0.2, 0.25) is 11.8 Å². The summed E-state index contributed by atoms with van der Waals surface area (Å²) in [5, 5.41) is 2.74. The molecule has 1 N–H and O–H groups in total. The zero-order chi connectivity index (χ0) is 35.6. The van der Waals surface area contributed by atoms with E-state index in [4.69, 9.17) is 4.74 Å². The normalized spacial score (nSPS) is 16.0. The van der Waals surface area contributed by atoms with Gasteiger partial charge in [-0.05, 0) is 62.8 Å². The number of nitrogens with one attached hydrogen (secondary N) is 1. The molecule has 0 bridgehead atoms. The summed E-state index contributed by atoms with van der Waals surface area (Å²) in [5.41, 5.74) is 1.30. The Bertz CT molecular complexity index is 1680. The van der Waals surface area contributed by atoms with Crippen LogP contribution in [0.1, 0.15) is 94.0 Å². The molecule has 1 aliphatic heterocycles. The molecule has 0 radical (unpaired) electrons. The van der Waals surface area contributed by atoms with Crippen LogP contribution >= 0.6 is 0 Å². The van der Waals surface area contributed by atoms with E-state index in [1.165, 1.54) is 28.9 Å². The van der Waals surface area contributed by atoms with Crippen molar-refractivity contribution in [1.29, 1.82) is 0 Å². The molecule has 0 saturated carbocycles. The van der Waals surface area contributed by atoms with Crippen LogP contribution in [0.15, 0.2) is 66.7 Å². The van der Waals surface area contributed by atoms with E-state index in [1.54, 1.807) is 52.0 Å². The Balaban J connectivity index is 1.79. The Labute approximate surface area is 281 Å². The number of carbonyl (C=O) groups is 4. The lowest BCUT2D eigenvalue weighted by molar-refractivity contribution is -0.151. The number of halogens is 2. The second kappa shape index (κ2) is 14.3. The molecule has 3 aromatic carbocycles. The van der Waals surface area contributed by atoms with Gasteiger partial charge in [0.1, 0.15) is 17.7 Å². The highest BCUT2D eigenvalue weighted by Gasteiger charge is 2.44. The Hall–Kier alpha value is -4.60. The molecule has 0 fully saturated rings. The van der Waals surface area contributed by atoms with E-state index >= 15 is 4.39 Å².